The Hall–Kier alpha value is -0.910. The van der Waals surface area contributed by atoms with Crippen LogP contribution in [0.2, 0.25) is 0 Å². The third-order valence-corrected chi connectivity index (χ3v) is 3.76. The van der Waals surface area contributed by atoms with E-state index in [1.807, 2.05) is 12.1 Å². The van der Waals surface area contributed by atoms with Gasteiger partial charge >= 0.3 is 6.61 Å². The third-order valence-electron chi connectivity index (χ3n) is 3.76. The lowest BCUT2D eigenvalue weighted by atomic mass is 9.81. The predicted molar refractivity (Wildman–Crippen MR) is 87.0 cm³/mol. The molecule has 1 atom stereocenters. The zero-order chi connectivity index (χ0) is 15.5. The van der Waals surface area contributed by atoms with E-state index in [2.05, 4.69) is 35.7 Å². The summed E-state index contributed by atoms with van der Waals surface area (Å²) in [5.41, 5.74) is 1.22. The van der Waals surface area contributed by atoms with Crippen molar-refractivity contribution in [1.82, 2.24) is 10.2 Å². The van der Waals surface area contributed by atoms with Crippen molar-refractivity contribution in [1.29, 1.82) is 0 Å². The highest BCUT2D eigenvalue weighted by Gasteiger charge is 2.32. The maximum atomic E-state index is 12.2. The van der Waals surface area contributed by atoms with Gasteiger partial charge < -0.3 is 10.1 Å². The zero-order valence-electron chi connectivity index (χ0n) is 13.3. The SMILES string of the molecule is CC(C)(C)[C@@H](c1ccc(OC(F)F)cc1)N1CCNCC1.Cl. The molecular formula is C16H25ClF2N2O. The minimum absolute atomic E-state index is 0. The van der Waals surface area contributed by atoms with Gasteiger partial charge in [0.2, 0.25) is 0 Å². The highest BCUT2D eigenvalue weighted by Crippen LogP contribution is 2.38. The summed E-state index contributed by atoms with van der Waals surface area (Å²) in [7, 11) is 0. The van der Waals surface area contributed by atoms with Gasteiger partial charge in [-0.15, -0.1) is 12.4 Å². The van der Waals surface area contributed by atoms with E-state index in [1.54, 1.807) is 12.1 Å². The molecule has 0 radical (unpaired) electrons. The smallest absolute Gasteiger partial charge is 0.387 e. The second-order valence-corrected chi connectivity index (χ2v) is 6.50. The molecule has 0 bridgehead atoms. The molecule has 6 heteroatoms. The van der Waals surface area contributed by atoms with E-state index in [0.717, 1.165) is 31.7 Å². The van der Waals surface area contributed by atoms with E-state index >= 15 is 0 Å². The van der Waals surface area contributed by atoms with Gasteiger partial charge in [0, 0.05) is 32.2 Å². The average Bonchev–Trinajstić information content (AvgIpc) is 2.40. The second-order valence-electron chi connectivity index (χ2n) is 6.50. The van der Waals surface area contributed by atoms with Crippen LogP contribution in [0, 0.1) is 5.41 Å². The molecule has 0 amide bonds. The summed E-state index contributed by atoms with van der Waals surface area (Å²) in [6.45, 7) is 7.82. The van der Waals surface area contributed by atoms with Crippen LogP contribution in [0.25, 0.3) is 0 Å². The van der Waals surface area contributed by atoms with E-state index in [9.17, 15) is 8.78 Å². The summed E-state index contributed by atoms with van der Waals surface area (Å²) in [6, 6.07) is 7.32. The first kappa shape index (κ1) is 19.1. The molecule has 1 heterocycles. The van der Waals surface area contributed by atoms with Crippen molar-refractivity contribution < 1.29 is 13.5 Å². The first-order valence-corrected chi connectivity index (χ1v) is 7.37. The van der Waals surface area contributed by atoms with Gasteiger partial charge in [-0.2, -0.15) is 8.78 Å². The van der Waals surface area contributed by atoms with Crippen molar-refractivity contribution >= 4 is 12.4 Å². The van der Waals surface area contributed by atoms with Crippen molar-refractivity contribution in [2.45, 2.75) is 33.4 Å². The number of piperazine rings is 1. The minimum Gasteiger partial charge on any atom is -0.435 e. The van der Waals surface area contributed by atoms with Crippen LogP contribution in [0.5, 0.6) is 5.75 Å². The Kier molecular flexibility index (Phi) is 7.03. The number of alkyl halides is 2. The highest BCUT2D eigenvalue weighted by atomic mass is 35.5. The summed E-state index contributed by atoms with van der Waals surface area (Å²) in [5.74, 6) is 0.210. The third kappa shape index (κ3) is 5.07. The molecule has 0 spiro atoms. The molecule has 1 aromatic rings. The number of hydrogen-bond donors (Lipinski definition) is 1. The second kappa shape index (κ2) is 8.09. The van der Waals surface area contributed by atoms with Gasteiger partial charge in [0.15, 0.2) is 0 Å². The largest absolute Gasteiger partial charge is 0.435 e. The Bertz CT molecular complexity index is 442. The first-order chi connectivity index (χ1) is 9.88. The van der Waals surface area contributed by atoms with E-state index in [1.165, 1.54) is 0 Å². The van der Waals surface area contributed by atoms with E-state index in [4.69, 9.17) is 0 Å². The summed E-state index contributed by atoms with van der Waals surface area (Å²) >= 11 is 0. The Labute approximate surface area is 137 Å². The van der Waals surface area contributed by atoms with Crippen LogP contribution in [0.4, 0.5) is 8.78 Å². The fourth-order valence-corrected chi connectivity index (χ4v) is 3.03. The lowest BCUT2D eigenvalue weighted by molar-refractivity contribution is -0.0498. The van der Waals surface area contributed by atoms with Crippen molar-refractivity contribution in [3.8, 4) is 5.75 Å². The van der Waals surface area contributed by atoms with Gasteiger partial charge in [-0.3, -0.25) is 4.90 Å². The number of hydrogen-bond acceptors (Lipinski definition) is 3. The lowest BCUT2D eigenvalue weighted by Crippen LogP contribution is -2.48. The summed E-state index contributed by atoms with van der Waals surface area (Å²) in [5, 5.41) is 3.36. The quantitative estimate of drug-likeness (QED) is 0.908. The Balaban J connectivity index is 0.00000242. The van der Waals surface area contributed by atoms with E-state index in [-0.39, 0.29) is 29.6 Å². The number of nitrogens with one attached hydrogen (secondary N) is 1. The molecule has 1 aliphatic rings. The van der Waals surface area contributed by atoms with Crippen LogP contribution >= 0.6 is 12.4 Å². The van der Waals surface area contributed by atoms with Gasteiger partial charge in [-0.1, -0.05) is 32.9 Å². The number of nitrogens with zero attached hydrogens (tertiary/aromatic N) is 1. The highest BCUT2D eigenvalue weighted by molar-refractivity contribution is 5.85. The van der Waals surface area contributed by atoms with Crippen LogP contribution in [-0.2, 0) is 0 Å². The van der Waals surface area contributed by atoms with Gasteiger partial charge in [-0.25, -0.2) is 0 Å². The molecule has 0 unspecified atom stereocenters. The van der Waals surface area contributed by atoms with Crippen LogP contribution < -0.4 is 10.1 Å². The molecule has 22 heavy (non-hydrogen) atoms. The molecule has 0 aromatic heterocycles. The minimum atomic E-state index is -2.78. The van der Waals surface area contributed by atoms with E-state index < -0.39 is 6.61 Å². The monoisotopic (exact) mass is 334 g/mol. The van der Waals surface area contributed by atoms with Crippen molar-refractivity contribution in [3.63, 3.8) is 0 Å². The van der Waals surface area contributed by atoms with Crippen molar-refractivity contribution in [2.75, 3.05) is 26.2 Å². The molecule has 0 saturated carbocycles. The molecule has 2 rings (SSSR count). The maximum Gasteiger partial charge on any atom is 0.387 e. The Morgan fingerprint density at radius 3 is 2.09 bits per heavy atom. The van der Waals surface area contributed by atoms with Crippen molar-refractivity contribution in [3.05, 3.63) is 29.8 Å². The summed E-state index contributed by atoms with van der Waals surface area (Å²) < 4.78 is 28.9. The van der Waals surface area contributed by atoms with Gasteiger partial charge in [0.25, 0.3) is 0 Å². The van der Waals surface area contributed by atoms with Gasteiger partial charge in [0.1, 0.15) is 5.75 Å². The molecule has 1 saturated heterocycles. The Morgan fingerprint density at radius 1 is 1.09 bits per heavy atom. The average molecular weight is 335 g/mol. The van der Waals surface area contributed by atoms with Crippen LogP contribution in [0.15, 0.2) is 24.3 Å². The molecule has 1 aromatic carbocycles. The van der Waals surface area contributed by atoms with Crippen LogP contribution in [-0.4, -0.2) is 37.7 Å². The first-order valence-electron chi connectivity index (χ1n) is 7.37. The molecule has 1 fully saturated rings. The molecular weight excluding hydrogens is 310 g/mol. The molecule has 1 aliphatic heterocycles. The lowest BCUT2D eigenvalue weighted by Gasteiger charge is -2.42. The van der Waals surface area contributed by atoms with E-state index in [0.29, 0.717) is 0 Å². The number of benzene rings is 1. The predicted octanol–water partition coefficient (Wildman–Crippen LogP) is 3.70. The number of ether oxygens (including phenoxy) is 1. The molecule has 126 valence electrons. The molecule has 3 nitrogen and oxygen atoms in total. The van der Waals surface area contributed by atoms with Crippen LogP contribution in [0.1, 0.15) is 32.4 Å². The number of halogens is 3. The summed E-state index contributed by atoms with van der Waals surface area (Å²) in [6.07, 6.45) is 0. The molecule has 1 N–H and O–H groups in total. The molecule has 0 aliphatic carbocycles. The normalized spacial score (nSPS) is 17.9. The number of rotatable bonds is 4. The van der Waals surface area contributed by atoms with Crippen LogP contribution in [0.3, 0.4) is 0 Å². The van der Waals surface area contributed by atoms with Gasteiger partial charge in [0.05, 0.1) is 0 Å². The fourth-order valence-electron chi connectivity index (χ4n) is 3.03. The Morgan fingerprint density at radius 2 is 1.64 bits per heavy atom. The maximum absolute atomic E-state index is 12.2. The fraction of sp³-hybridized carbons (Fsp3) is 0.625. The summed E-state index contributed by atoms with van der Waals surface area (Å²) in [4.78, 5) is 2.46. The van der Waals surface area contributed by atoms with Crippen molar-refractivity contribution in [2.24, 2.45) is 5.41 Å². The zero-order valence-corrected chi connectivity index (χ0v) is 14.1. The standard InChI is InChI=1S/C16H24F2N2O.ClH/c1-16(2,3)14(20-10-8-19-9-11-20)12-4-6-13(7-5-12)21-15(17)18;/h4-7,14-15,19H,8-11H2,1-3H3;1H/t14-;/m1./s1. The topological polar surface area (TPSA) is 24.5 Å². The van der Waals surface area contributed by atoms with Gasteiger partial charge in [-0.05, 0) is 23.1 Å².